The molecule has 1 amide bonds. The lowest BCUT2D eigenvalue weighted by Gasteiger charge is -2.26. The first-order chi connectivity index (χ1) is 13.0. The van der Waals surface area contributed by atoms with Crippen LogP contribution in [0.15, 0.2) is 47.2 Å². The van der Waals surface area contributed by atoms with Crippen molar-refractivity contribution in [1.29, 1.82) is 0 Å². The highest BCUT2D eigenvalue weighted by atomic mass is 35.5. The van der Waals surface area contributed by atoms with Crippen molar-refractivity contribution < 1.29 is 9.32 Å². The predicted octanol–water partition coefficient (Wildman–Crippen LogP) is 4.59. The molecule has 0 radical (unpaired) electrons. The van der Waals surface area contributed by atoms with E-state index in [1.165, 1.54) is 0 Å². The van der Waals surface area contributed by atoms with E-state index in [0.717, 1.165) is 11.1 Å². The van der Waals surface area contributed by atoms with Gasteiger partial charge < -0.3 is 9.42 Å². The Hall–Kier alpha value is -2.44. The average Bonchev–Trinajstić information content (AvgIpc) is 3.15. The molecule has 27 heavy (non-hydrogen) atoms. The minimum absolute atomic E-state index is 0.0466. The number of aromatic nitrogens is 3. The Morgan fingerprint density at radius 1 is 1.30 bits per heavy atom. The third-order valence-electron chi connectivity index (χ3n) is 4.33. The molecule has 0 spiro atoms. The summed E-state index contributed by atoms with van der Waals surface area (Å²) < 4.78 is 5.23. The zero-order valence-corrected chi connectivity index (χ0v) is 16.4. The molecule has 0 aliphatic carbocycles. The Kier molecular flexibility index (Phi) is 6.08. The number of benzene rings is 1. The van der Waals surface area contributed by atoms with Crippen molar-refractivity contribution in [3.05, 3.63) is 64.2 Å². The first-order valence-corrected chi connectivity index (χ1v) is 9.15. The molecular formula is C19H18Cl2N4O2. The number of hydrogen-bond donors (Lipinski definition) is 0. The van der Waals surface area contributed by atoms with Gasteiger partial charge in [-0.15, -0.1) is 0 Å². The van der Waals surface area contributed by atoms with Gasteiger partial charge in [-0.2, -0.15) is 4.98 Å². The van der Waals surface area contributed by atoms with Gasteiger partial charge in [-0.3, -0.25) is 9.78 Å². The number of amides is 1. The number of aryl methyl sites for hydroxylation is 1. The van der Waals surface area contributed by atoms with E-state index >= 15 is 0 Å². The van der Waals surface area contributed by atoms with Crippen molar-refractivity contribution in [3.8, 4) is 11.4 Å². The van der Waals surface area contributed by atoms with Crippen LogP contribution in [-0.4, -0.2) is 33.0 Å². The summed E-state index contributed by atoms with van der Waals surface area (Å²) in [7, 11) is 1.74. The van der Waals surface area contributed by atoms with Crippen LogP contribution in [0.25, 0.3) is 11.4 Å². The summed E-state index contributed by atoms with van der Waals surface area (Å²) in [6, 6.07) is 8.72. The van der Waals surface area contributed by atoms with Crippen molar-refractivity contribution >= 4 is 29.1 Å². The quantitative estimate of drug-likeness (QED) is 0.600. The zero-order chi connectivity index (χ0) is 19.4. The summed E-state index contributed by atoms with van der Waals surface area (Å²) in [6.07, 6.45) is 3.94. The van der Waals surface area contributed by atoms with Crippen LogP contribution in [0.5, 0.6) is 0 Å². The number of halogens is 2. The highest BCUT2D eigenvalue weighted by Crippen LogP contribution is 2.29. The van der Waals surface area contributed by atoms with Crippen molar-refractivity contribution in [2.24, 2.45) is 0 Å². The molecule has 1 unspecified atom stereocenters. The SMILES string of the molecule is CC(c1ccc(Cl)cc1Cl)N(C)C(=O)CCc1nc(-c2cccnc2)no1. The lowest BCUT2D eigenvalue weighted by atomic mass is 10.1. The van der Waals surface area contributed by atoms with Crippen LogP contribution in [0.3, 0.4) is 0 Å². The lowest BCUT2D eigenvalue weighted by molar-refractivity contribution is -0.131. The molecule has 1 aromatic carbocycles. The Labute approximate surface area is 167 Å². The van der Waals surface area contributed by atoms with Gasteiger partial charge in [-0.1, -0.05) is 34.4 Å². The molecule has 0 fully saturated rings. The number of hydrogen-bond acceptors (Lipinski definition) is 5. The maximum atomic E-state index is 12.5. The molecular weight excluding hydrogens is 387 g/mol. The average molecular weight is 405 g/mol. The maximum absolute atomic E-state index is 12.5. The standard InChI is InChI=1S/C19H18Cl2N4O2/c1-12(15-6-5-14(20)10-16(15)21)25(2)18(26)8-7-17-23-19(24-27-17)13-4-3-9-22-11-13/h3-6,9-12H,7-8H2,1-2H3. The van der Waals surface area contributed by atoms with E-state index in [4.69, 9.17) is 27.7 Å². The predicted molar refractivity (Wildman–Crippen MR) is 103 cm³/mol. The summed E-state index contributed by atoms with van der Waals surface area (Å²) >= 11 is 12.2. The van der Waals surface area contributed by atoms with Gasteiger partial charge in [0.15, 0.2) is 0 Å². The van der Waals surface area contributed by atoms with Crippen molar-refractivity contribution in [1.82, 2.24) is 20.0 Å². The second-order valence-corrected chi connectivity index (χ2v) is 6.94. The normalized spacial score (nSPS) is 12.0. The minimum Gasteiger partial charge on any atom is -0.339 e. The molecule has 140 valence electrons. The maximum Gasteiger partial charge on any atom is 0.227 e. The molecule has 0 aliphatic rings. The van der Waals surface area contributed by atoms with E-state index in [1.54, 1.807) is 42.5 Å². The van der Waals surface area contributed by atoms with E-state index in [-0.39, 0.29) is 18.4 Å². The topological polar surface area (TPSA) is 72.1 Å². The summed E-state index contributed by atoms with van der Waals surface area (Å²) in [6.45, 7) is 1.92. The molecule has 1 atom stereocenters. The Morgan fingerprint density at radius 2 is 2.11 bits per heavy atom. The van der Waals surface area contributed by atoms with Crippen LogP contribution in [0.4, 0.5) is 0 Å². The van der Waals surface area contributed by atoms with Crippen LogP contribution in [-0.2, 0) is 11.2 Å². The van der Waals surface area contributed by atoms with Crippen molar-refractivity contribution in [2.45, 2.75) is 25.8 Å². The Bertz CT molecular complexity index is 930. The van der Waals surface area contributed by atoms with Crippen LogP contribution in [0.1, 0.15) is 30.8 Å². The molecule has 3 rings (SSSR count). The second kappa shape index (κ2) is 8.50. The van der Waals surface area contributed by atoms with Crippen LogP contribution in [0.2, 0.25) is 10.0 Å². The fraction of sp³-hybridized carbons (Fsp3) is 0.263. The summed E-state index contributed by atoms with van der Waals surface area (Å²) in [5.41, 5.74) is 1.61. The summed E-state index contributed by atoms with van der Waals surface area (Å²) in [4.78, 5) is 22.5. The number of rotatable bonds is 6. The largest absolute Gasteiger partial charge is 0.339 e. The van der Waals surface area contributed by atoms with E-state index in [2.05, 4.69) is 15.1 Å². The fourth-order valence-corrected chi connectivity index (χ4v) is 3.19. The van der Waals surface area contributed by atoms with E-state index in [0.29, 0.717) is 28.2 Å². The van der Waals surface area contributed by atoms with Gasteiger partial charge in [0.2, 0.25) is 17.6 Å². The molecule has 0 saturated carbocycles. The van der Waals surface area contributed by atoms with E-state index in [1.807, 2.05) is 19.1 Å². The minimum atomic E-state index is -0.184. The third kappa shape index (κ3) is 4.64. The summed E-state index contributed by atoms with van der Waals surface area (Å²) in [5, 5.41) is 5.03. The molecule has 0 bridgehead atoms. The molecule has 6 nitrogen and oxygen atoms in total. The first-order valence-electron chi connectivity index (χ1n) is 8.39. The second-order valence-electron chi connectivity index (χ2n) is 6.10. The highest BCUT2D eigenvalue weighted by molar-refractivity contribution is 6.35. The summed E-state index contributed by atoms with van der Waals surface area (Å²) in [5.74, 6) is 0.822. The number of nitrogens with zero attached hydrogens (tertiary/aromatic N) is 4. The highest BCUT2D eigenvalue weighted by Gasteiger charge is 2.20. The van der Waals surface area contributed by atoms with Gasteiger partial charge in [-0.25, -0.2) is 0 Å². The third-order valence-corrected chi connectivity index (χ3v) is 4.89. The molecule has 2 aromatic heterocycles. The monoisotopic (exact) mass is 404 g/mol. The van der Waals surface area contributed by atoms with Gasteiger partial charge in [0.1, 0.15) is 0 Å². The molecule has 0 aliphatic heterocycles. The van der Waals surface area contributed by atoms with Crippen LogP contribution in [0, 0.1) is 0 Å². The van der Waals surface area contributed by atoms with Crippen molar-refractivity contribution in [2.75, 3.05) is 7.05 Å². The molecule has 0 N–H and O–H groups in total. The van der Waals surface area contributed by atoms with Crippen LogP contribution >= 0.6 is 23.2 Å². The zero-order valence-electron chi connectivity index (χ0n) is 14.9. The molecule has 3 aromatic rings. The Balaban J connectivity index is 1.61. The fourth-order valence-electron chi connectivity index (χ4n) is 2.62. The smallest absolute Gasteiger partial charge is 0.227 e. The van der Waals surface area contributed by atoms with Gasteiger partial charge in [0.25, 0.3) is 0 Å². The molecule has 8 heteroatoms. The van der Waals surface area contributed by atoms with E-state index in [9.17, 15) is 4.79 Å². The van der Waals surface area contributed by atoms with Gasteiger partial charge in [-0.05, 0) is 36.8 Å². The Morgan fingerprint density at radius 3 is 2.81 bits per heavy atom. The van der Waals surface area contributed by atoms with Gasteiger partial charge in [0, 0.05) is 47.9 Å². The lowest BCUT2D eigenvalue weighted by Crippen LogP contribution is -2.30. The van der Waals surface area contributed by atoms with Crippen molar-refractivity contribution in [3.63, 3.8) is 0 Å². The number of pyridine rings is 1. The van der Waals surface area contributed by atoms with Gasteiger partial charge >= 0.3 is 0 Å². The molecule has 2 heterocycles. The number of carbonyl (C=O) groups excluding carboxylic acids is 1. The van der Waals surface area contributed by atoms with Gasteiger partial charge in [0.05, 0.1) is 6.04 Å². The first kappa shape index (κ1) is 19.3. The van der Waals surface area contributed by atoms with Crippen LogP contribution < -0.4 is 0 Å². The number of carbonyl (C=O) groups is 1. The van der Waals surface area contributed by atoms with E-state index < -0.39 is 0 Å². The molecule has 0 saturated heterocycles.